The van der Waals surface area contributed by atoms with Crippen molar-refractivity contribution < 1.29 is 32.6 Å². The third-order valence-electron chi connectivity index (χ3n) is 12.1. The van der Waals surface area contributed by atoms with E-state index < -0.39 is 30.9 Å². The van der Waals surface area contributed by atoms with Crippen molar-refractivity contribution in [1.82, 2.24) is 19.5 Å². The smallest absolute Gasteiger partial charge is 0.356 e. The molecule has 13 heteroatoms. The summed E-state index contributed by atoms with van der Waals surface area (Å²) in [6.07, 6.45) is 2.35. The average molecular weight is 960 g/mol. The van der Waals surface area contributed by atoms with Crippen molar-refractivity contribution in [1.29, 1.82) is 0 Å². The molecule has 0 aliphatic carbocycles. The standard InChI is InChI=1S/C57H62N5O7P/c1-41(2)68-70(63,69-42(3)4)40-66-37-50(36-43(5)67-57(47-24-16-10-17-25-47,48-26-18-11-19-27-48)49-30-34-52(65-7)35-31-49)62-39-60-53-54(58-38-59-55(53)62)61-56(44-20-12-8-13-21-44,45-22-14-9-15-23-45)46-28-32-51(64-6)33-29-46/h8-35,38-39,41-43,50H,36-37,40H2,1-7H3,(H,58,59,61). The number of ether oxygens (including phenoxy) is 4. The van der Waals surface area contributed by atoms with Gasteiger partial charge in [0.1, 0.15) is 40.8 Å². The third kappa shape index (κ3) is 10.9. The van der Waals surface area contributed by atoms with Crippen molar-refractivity contribution in [3.05, 3.63) is 216 Å². The van der Waals surface area contributed by atoms with Gasteiger partial charge in [0, 0.05) is 0 Å². The Morgan fingerprint density at radius 2 is 1.01 bits per heavy atom. The fourth-order valence-corrected chi connectivity index (χ4v) is 11.0. The Balaban J connectivity index is 1.23. The Morgan fingerprint density at radius 1 is 0.571 bits per heavy atom. The number of hydrogen-bond donors (Lipinski definition) is 1. The summed E-state index contributed by atoms with van der Waals surface area (Å²) >= 11 is 0. The molecule has 8 rings (SSSR count). The van der Waals surface area contributed by atoms with Gasteiger partial charge in [-0.15, -0.1) is 0 Å². The highest BCUT2D eigenvalue weighted by atomic mass is 31.2. The van der Waals surface area contributed by atoms with E-state index >= 15 is 0 Å². The molecule has 70 heavy (non-hydrogen) atoms. The molecule has 0 saturated carbocycles. The Kier molecular flexibility index (Phi) is 15.9. The van der Waals surface area contributed by atoms with Crippen molar-refractivity contribution in [2.75, 3.05) is 32.5 Å². The molecule has 0 spiro atoms. The highest BCUT2D eigenvalue weighted by Crippen LogP contribution is 2.51. The second-order valence-corrected chi connectivity index (χ2v) is 19.7. The van der Waals surface area contributed by atoms with E-state index in [2.05, 4.69) is 85.0 Å². The quantitative estimate of drug-likeness (QED) is 0.0486. The van der Waals surface area contributed by atoms with Crippen LogP contribution in [0, 0.1) is 0 Å². The molecule has 12 nitrogen and oxygen atoms in total. The van der Waals surface area contributed by atoms with E-state index in [-0.39, 0.29) is 25.2 Å². The molecule has 0 saturated heterocycles. The van der Waals surface area contributed by atoms with Crippen LogP contribution in [0.3, 0.4) is 0 Å². The Morgan fingerprint density at radius 3 is 1.49 bits per heavy atom. The van der Waals surface area contributed by atoms with E-state index in [1.807, 2.05) is 129 Å². The maximum Gasteiger partial charge on any atom is 0.356 e. The van der Waals surface area contributed by atoms with Crippen LogP contribution in [0.5, 0.6) is 11.5 Å². The van der Waals surface area contributed by atoms with Crippen LogP contribution in [0.2, 0.25) is 0 Å². The second kappa shape index (κ2) is 22.4. The minimum atomic E-state index is -3.66. The summed E-state index contributed by atoms with van der Waals surface area (Å²) in [5, 5.41) is 3.91. The average Bonchev–Trinajstić information content (AvgIpc) is 3.83. The lowest BCUT2D eigenvalue weighted by molar-refractivity contribution is -0.0515. The molecule has 2 aromatic heterocycles. The number of aromatic nitrogens is 4. The maximum atomic E-state index is 14.1. The van der Waals surface area contributed by atoms with Crippen LogP contribution < -0.4 is 14.8 Å². The number of fused-ring (bicyclic) bond motifs is 1. The van der Waals surface area contributed by atoms with Crippen molar-refractivity contribution in [3.8, 4) is 11.5 Å². The fourth-order valence-electron chi connectivity index (χ4n) is 9.22. The van der Waals surface area contributed by atoms with Gasteiger partial charge in [-0.3, -0.25) is 4.57 Å². The van der Waals surface area contributed by atoms with Crippen LogP contribution >= 0.6 is 7.60 Å². The molecule has 0 bridgehead atoms. The van der Waals surface area contributed by atoms with Crippen molar-refractivity contribution in [2.45, 2.75) is 76.5 Å². The first kappa shape index (κ1) is 49.8. The van der Waals surface area contributed by atoms with Gasteiger partial charge in [0.15, 0.2) is 11.5 Å². The van der Waals surface area contributed by atoms with Crippen LogP contribution in [0.4, 0.5) is 5.82 Å². The van der Waals surface area contributed by atoms with E-state index in [4.69, 9.17) is 42.9 Å². The lowest BCUT2D eigenvalue weighted by Crippen LogP contribution is -2.38. The predicted molar refractivity (Wildman–Crippen MR) is 276 cm³/mol. The maximum absolute atomic E-state index is 14.1. The molecule has 362 valence electrons. The molecular weight excluding hydrogens is 898 g/mol. The molecule has 2 unspecified atom stereocenters. The Bertz CT molecular complexity index is 2830. The second-order valence-electron chi connectivity index (χ2n) is 17.8. The Labute approximate surface area is 411 Å². The number of hydrogen-bond acceptors (Lipinski definition) is 11. The molecule has 2 atom stereocenters. The fraction of sp³-hybridized carbons (Fsp3) is 0.281. The summed E-state index contributed by atoms with van der Waals surface area (Å²) in [5.41, 5.74) is 4.92. The largest absolute Gasteiger partial charge is 0.497 e. The molecule has 6 aromatic carbocycles. The van der Waals surface area contributed by atoms with Gasteiger partial charge in [-0.1, -0.05) is 146 Å². The van der Waals surface area contributed by atoms with Crippen LogP contribution in [0.15, 0.2) is 183 Å². The molecule has 8 aromatic rings. The molecule has 0 fully saturated rings. The summed E-state index contributed by atoms with van der Waals surface area (Å²) in [7, 11) is -0.342. The Hall–Kier alpha value is -6.66. The van der Waals surface area contributed by atoms with E-state index in [9.17, 15) is 4.57 Å². The van der Waals surface area contributed by atoms with E-state index in [1.165, 1.54) is 0 Å². The molecule has 0 aliphatic rings. The van der Waals surface area contributed by atoms with Crippen molar-refractivity contribution in [3.63, 3.8) is 0 Å². The topological polar surface area (TPSA) is 128 Å². The highest BCUT2D eigenvalue weighted by Gasteiger charge is 2.41. The minimum Gasteiger partial charge on any atom is -0.497 e. The number of anilines is 1. The van der Waals surface area contributed by atoms with Crippen molar-refractivity contribution >= 4 is 24.6 Å². The number of methoxy groups -OCH3 is 2. The monoisotopic (exact) mass is 959 g/mol. The van der Waals surface area contributed by atoms with Gasteiger partial charge in [-0.25, -0.2) is 15.0 Å². The van der Waals surface area contributed by atoms with Crippen molar-refractivity contribution in [2.24, 2.45) is 0 Å². The van der Waals surface area contributed by atoms with Gasteiger partial charge in [0.25, 0.3) is 0 Å². The molecule has 0 radical (unpaired) electrons. The van der Waals surface area contributed by atoms with Crippen LogP contribution in [0.25, 0.3) is 11.2 Å². The molecule has 1 N–H and O–H groups in total. The third-order valence-corrected chi connectivity index (χ3v) is 14.1. The SMILES string of the molecule is COc1ccc(C(Nc2ncnc3c2ncn3C(COCP(=O)(OC(C)C)OC(C)C)CC(C)OC(c2ccccc2)(c2ccccc2)c2ccc(OC)cc2)(c2ccccc2)c2ccccc2)cc1. The summed E-state index contributed by atoms with van der Waals surface area (Å²) in [6.45, 7) is 9.47. The van der Waals surface area contributed by atoms with Gasteiger partial charge in [0.05, 0.1) is 51.5 Å². The van der Waals surface area contributed by atoms with Crippen LogP contribution in [-0.4, -0.2) is 65.0 Å². The lowest BCUT2D eigenvalue weighted by atomic mass is 9.77. The van der Waals surface area contributed by atoms with E-state index in [0.29, 0.717) is 23.4 Å². The lowest BCUT2D eigenvalue weighted by Gasteiger charge is -2.39. The normalized spacial score (nSPS) is 13.1. The van der Waals surface area contributed by atoms with Crippen LogP contribution in [0.1, 0.15) is 80.5 Å². The zero-order valence-electron chi connectivity index (χ0n) is 40.8. The zero-order chi connectivity index (χ0) is 49.1. The first-order chi connectivity index (χ1) is 34.0. The van der Waals surface area contributed by atoms with E-state index in [1.54, 1.807) is 26.9 Å². The first-order valence-corrected chi connectivity index (χ1v) is 25.4. The molecule has 0 amide bonds. The summed E-state index contributed by atoms with van der Waals surface area (Å²) in [4.78, 5) is 14.8. The van der Waals surface area contributed by atoms with Gasteiger partial charge < -0.3 is 37.9 Å². The molecule has 2 heterocycles. The molecular formula is C57H62N5O7P. The summed E-state index contributed by atoms with van der Waals surface area (Å²) in [6, 6.07) is 56.7. The molecule has 0 aliphatic heterocycles. The van der Waals surface area contributed by atoms with Gasteiger partial charge in [0.2, 0.25) is 0 Å². The van der Waals surface area contributed by atoms with Gasteiger partial charge in [-0.2, -0.15) is 0 Å². The van der Waals surface area contributed by atoms with E-state index in [0.717, 1.165) is 44.9 Å². The zero-order valence-corrected chi connectivity index (χ0v) is 41.7. The number of nitrogens with zero attached hydrogens (tertiary/aromatic N) is 4. The number of imidazole rings is 1. The minimum absolute atomic E-state index is 0.0921. The van der Waals surface area contributed by atoms with Crippen LogP contribution in [-0.2, 0) is 34.2 Å². The first-order valence-electron chi connectivity index (χ1n) is 23.7. The highest BCUT2D eigenvalue weighted by molar-refractivity contribution is 7.53. The van der Waals surface area contributed by atoms with Gasteiger partial charge >= 0.3 is 7.60 Å². The number of rotatable bonds is 23. The number of benzene rings is 6. The predicted octanol–water partition coefficient (Wildman–Crippen LogP) is 12.6. The number of nitrogens with one attached hydrogen (secondary N) is 1. The van der Waals surface area contributed by atoms with Gasteiger partial charge in [-0.05, 0) is 98.7 Å². The summed E-state index contributed by atoms with van der Waals surface area (Å²) < 4.78 is 53.1. The summed E-state index contributed by atoms with van der Waals surface area (Å²) in [5.74, 6) is 1.99.